The van der Waals surface area contributed by atoms with E-state index in [2.05, 4.69) is 26.2 Å². The molecule has 2 rings (SSSR count). The number of carbonyl (C=O) groups excluding carboxylic acids is 2. The van der Waals surface area contributed by atoms with Crippen molar-refractivity contribution in [3.63, 3.8) is 0 Å². The SMILES string of the molecule is O=C1CNCC(=O)N1Cc1ccc(Br)cn1. The smallest absolute Gasteiger partial charge is 0.243 e. The van der Waals surface area contributed by atoms with Crippen molar-refractivity contribution >= 4 is 27.7 Å². The van der Waals surface area contributed by atoms with Crippen LogP contribution in [0.15, 0.2) is 22.8 Å². The largest absolute Gasteiger partial charge is 0.300 e. The molecule has 0 saturated carbocycles. The molecule has 1 aromatic rings. The average Bonchev–Trinajstić information content (AvgIpc) is 2.26. The van der Waals surface area contributed by atoms with E-state index in [0.717, 1.165) is 4.47 Å². The van der Waals surface area contributed by atoms with E-state index in [9.17, 15) is 9.59 Å². The van der Waals surface area contributed by atoms with Gasteiger partial charge in [-0.3, -0.25) is 24.8 Å². The van der Waals surface area contributed by atoms with E-state index in [1.807, 2.05) is 6.07 Å². The van der Waals surface area contributed by atoms with Gasteiger partial charge in [-0.1, -0.05) is 0 Å². The fraction of sp³-hybridized carbons (Fsp3) is 0.300. The van der Waals surface area contributed by atoms with Gasteiger partial charge in [-0.15, -0.1) is 0 Å². The summed E-state index contributed by atoms with van der Waals surface area (Å²) in [7, 11) is 0. The molecule has 2 heterocycles. The number of piperazine rings is 1. The number of hydrogen-bond donors (Lipinski definition) is 1. The Morgan fingerprint density at radius 3 is 2.56 bits per heavy atom. The van der Waals surface area contributed by atoms with E-state index in [-0.39, 0.29) is 31.4 Å². The van der Waals surface area contributed by atoms with Gasteiger partial charge in [-0.25, -0.2) is 0 Å². The van der Waals surface area contributed by atoms with Gasteiger partial charge in [-0.05, 0) is 28.1 Å². The number of carbonyl (C=O) groups is 2. The first-order valence-corrected chi connectivity index (χ1v) is 5.60. The van der Waals surface area contributed by atoms with Gasteiger partial charge in [0.25, 0.3) is 0 Å². The van der Waals surface area contributed by atoms with Crippen LogP contribution in [0, 0.1) is 0 Å². The summed E-state index contributed by atoms with van der Waals surface area (Å²) in [6.07, 6.45) is 1.65. The maximum Gasteiger partial charge on any atom is 0.243 e. The molecule has 5 nitrogen and oxygen atoms in total. The van der Waals surface area contributed by atoms with Crippen LogP contribution >= 0.6 is 15.9 Å². The van der Waals surface area contributed by atoms with E-state index in [1.54, 1.807) is 12.3 Å². The van der Waals surface area contributed by atoms with Gasteiger partial charge in [0, 0.05) is 10.7 Å². The van der Waals surface area contributed by atoms with Crippen molar-refractivity contribution in [1.29, 1.82) is 0 Å². The van der Waals surface area contributed by atoms with Crippen LogP contribution in [0.2, 0.25) is 0 Å². The highest BCUT2D eigenvalue weighted by molar-refractivity contribution is 9.10. The van der Waals surface area contributed by atoms with Crippen LogP contribution in [0.1, 0.15) is 5.69 Å². The highest BCUT2D eigenvalue weighted by Gasteiger charge is 2.25. The Labute approximate surface area is 101 Å². The van der Waals surface area contributed by atoms with Crippen LogP contribution in [-0.2, 0) is 16.1 Å². The van der Waals surface area contributed by atoms with E-state index in [4.69, 9.17) is 0 Å². The highest BCUT2D eigenvalue weighted by atomic mass is 79.9. The fourth-order valence-corrected chi connectivity index (χ4v) is 1.68. The first-order chi connectivity index (χ1) is 7.66. The predicted octanol–water partition coefficient (Wildman–Crippen LogP) is 0.302. The van der Waals surface area contributed by atoms with Crippen LogP contribution in [0.4, 0.5) is 0 Å². The summed E-state index contributed by atoms with van der Waals surface area (Å²) in [5.41, 5.74) is 0.701. The Morgan fingerprint density at radius 1 is 1.31 bits per heavy atom. The van der Waals surface area contributed by atoms with Crippen molar-refractivity contribution in [2.75, 3.05) is 13.1 Å². The van der Waals surface area contributed by atoms with Gasteiger partial charge in [0.1, 0.15) is 0 Å². The second-order valence-electron chi connectivity index (χ2n) is 3.44. The molecule has 1 fully saturated rings. The normalized spacial score (nSPS) is 16.7. The topological polar surface area (TPSA) is 62.3 Å². The standard InChI is InChI=1S/C10H10BrN3O2/c11-7-1-2-8(13-3-7)6-14-9(15)4-12-5-10(14)16/h1-3,12H,4-6H2. The number of hydrogen-bond acceptors (Lipinski definition) is 4. The summed E-state index contributed by atoms with van der Waals surface area (Å²) >= 11 is 3.27. The number of rotatable bonds is 2. The van der Waals surface area contributed by atoms with Crippen LogP contribution in [0.5, 0.6) is 0 Å². The lowest BCUT2D eigenvalue weighted by molar-refractivity contribution is -0.147. The summed E-state index contributed by atoms with van der Waals surface area (Å²) in [6, 6.07) is 3.62. The van der Waals surface area contributed by atoms with Crippen LogP contribution in [0.25, 0.3) is 0 Å². The molecule has 1 aromatic heterocycles. The molecule has 0 aromatic carbocycles. The molecule has 84 valence electrons. The monoisotopic (exact) mass is 283 g/mol. The molecule has 1 aliphatic heterocycles. The van der Waals surface area contributed by atoms with Crippen LogP contribution in [0.3, 0.4) is 0 Å². The predicted molar refractivity (Wildman–Crippen MR) is 60.4 cm³/mol. The van der Waals surface area contributed by atoms with Gasteiger partial charge < -0.3 is 0 Å². The molecule has 1 N–H and O–H groups in total. The molecule has 2 amide bonds. The third-order valence-corrected chi connectivity index (χ3v) is 2.73. The molecule has 0 radical (unpaired) electrons. The maximum absolute atomic E-state index is 11.5. The molecule has 6 heteroatoms. The summed E-state index contributed by atoms with van der Waals surface area (Å²) in [5.74, 6) is -0.415. The van der Waals surface area contributed by atoms with Gasteiger partial charge in [0.15, 0.2) is 0 Å². The Balaban J connectivity index is 2.10. The van der Waals surface area contributed by atoms with Crippen molar-refractivity contribution in [3.05, 3.63) is 28.5 Å². The molecule has 0 spiro atoms. The van der Waals surface area contributed by atoms with E-state index in [1.165, 1.54) is 4.90 Å². The lowest BCUT2D eigenvalue weighted by atomic mass is 10.3. The number of aromatic nitrogens is 1. The number of nitrogens with zero attached hydrogens (tertiary/aromatic N) is 2. The second kappa shape index (κ2) is 4.71. The Morgan fingerprint density at radius 2 is 2.00 bits per heavy atom. The minimum atomic E-state index is -0.207. The molecule has 0 unspecified atom stereocenters. The molecular formula is C10H10BrN3O2. The van der Waals surface area contributed by atoms with Crippen molar-refractivity contribution in [1.82, 2.24) is 15.2 Å². The molecule has 1 saturated heterocycles. The van der Waals surface area contributed by atoms with Crippen molar-refractivity contribution in [3.8, 4) is 0 Å². The van der Waals surface area contributed by atoms with Crippen molar-refractivity contribution in [2.24, 2.45) is 0 Å². The highest BCUT2D eigenvalue weighted by Crippen LogP contribution is 2.10. The lowest BCUT2D eigenvalue weighted by Gasteiger charge is -2.25. The van der Waals surface area contributed by atoms with Crippen LogP contribution in [-0.4, -0.2) is 34.8 Å². The molecule has 16 heavy (non-hydrogen) atoms. The Hall–Kier alpha value is -1.27. The van der Waals surface area contributed by atoms with E-state index < -0.39 is 0 Å². The summed E-state index contributed by atoms with van der Waals surface area (Å²) < 4.78 is 0.870. The molecule has 0 aliphatic carbocycles. The summed E-state index contributed by atoms with van der Waals surface area (Å²) in [5, 5.41) is 2.74. The number of halogens is 1. The first kappa shape index (κ1) is 11.2. The van der Waals surface area contributed by atoms with Gasteiger partial charge in [0.05, 0.1) is 25.3 Å². The zero-order valence-corrected chi connectivity index (χ0v) is 10.0. The first-order valence-electron chi connectivity index (χ1n) is 4.81. The lowest BCUT2D eigenvalue weighted by Crippen LogP contribution is -2.51. The number of pyridine rings is 1. The molecular weight excluding hydrogens is 274 g/mol. The summed E-state index contributed by atoms with van der Waals surface area (Å²) in [4.78, 5) is 28.3. The van der Waals surface area contributed by atoms with Crippen molar-refractivity contribution in [2.45, 2.75) is 6.54 Å². The van der Waals surface area contributed by atoms with Gasteiger partial charge in [0.2, 0.25) is 11.8 Å². The minimum Gasteiger partial charge on any atom is -0.300 e. The Kier molecular flexibility index (Phi) is 3.31. The summed E-state index contributed by atoms with van der Waals surface area (Å²) in [6.45, 7) is 0.664. The minimum absolute atomic E-state index is 0.207. The molecule has 0 bridgehead atoms. The third kappa shape index (κ3) is 2.45. The average molecular weight is 284 g/mol. The van der Waals surface area contributed by atoms with Crippen molar-refractivity contribution < 1.29 is 9.59 Å². The van der Waals surface area contributed by atoms with Crippen LogP contribution < -0.4 is 5.32 Å². The third-order valence-electron chi connectivity index (χ3n) is 2.26. The molecule has 1 aliphatic rings. The second-order valence-corrected chi connectivity index (χ2v) is 4.36. The zero-order valence-electron chi connectivity index (χ0n) is 8.44. The Bertz CT molecular complexity index is 403. The van der Waals surface area contributed by atoms with E-state index >= 15 is 0 Å². The zero-order chi connectivity index (χ0) is 11.5. The van der Waals surface area contributed by atoms with Gasteiger partial charge >= 0.3 is 0 Å². The maximum atomic E-state index is 11.5. The van der Waals surface area contributed by atoms with E-state index in [0.29, 0.717) is 5.69 Å². The quantitative estimate of drug-likeness (QED) is 0.794. The fourth-order valence-electron chi connectivity index (χ4n) is 1.44. The number of imide groups is 1. The molecule has 0 atom stereocenters. The number of nitrogens with one attached hydrogen (secondary N) is 1. The van der Waals surface area contributed by atoms with Gasteiger partial charge in [-0.2, -0.15) is 0 Å². The number of amides is 2.